The van der Waals surface area contributed by atoms with Crippen LogP contribution in [0.25, 0.3) is 0 Å². The fourth-order valence-corrected chi connectivity index (χ4v) is 1.64. The molecule has 0 spiro atoms. The summed E-state index contributed by atoms with van der Waals surface area (Å²) in [4.78, 5) is 0. The summed E-state index contributed by atoms with van der Waals surface area (Å²) in [6.07, 6.45) is 1.31. The van der Waals surface area contributed by atoms with Crippen LogP contribution in [-0.4, -0.2) is 13.1 Å². The van der Waals surface area contributed by atoms with Crippen molar-refractivity contribution in [3.63, 3.8) is 0 Å². The summed E-state index contributed by atoms with van der Waals surface area (Å²) < 4.78 is 0. The van der Waals surface area contributed by atoms with E-state index in [1.165, 1.54) is 6.42 Å². The molecule has 0 saturated carbocycles. The van der Waals surface area contributed by atoms with E-state index in [4.69, 9.17) is 0 Å². The number of nitrogens with one attached hydrogen (secondary N) is 2. The summed E-state index contributed by atoms with van der Waals surface area (Å²) in [5.41, 5.74) is 6.88. The lowest BCUT2D eigenvalue weighted by Crippen LogP contribution is -2.35. The van der Waals surface area contributed by atoms with Crippen LogP contribution in [0.2, 0.25) is 0 Å². The van der Waals surface area contributed by atoms with Crippen LogP contribution in [0.1, 0.15) is 27.2 Å². The van der Waals surface area contributed by atoms with Crippen molar-refractivity contribution in [2.75, 3.05) is 13.1 Å². The maximum absolute atomic E-state index is 3.22. The topological polar surface area (TPSA) is 24.1 Å². The summed E-state index contributed by atoms with van der Waals surface area (Å²) in [6, 6.07) is 0. The first-order chi connectivity index (χ1) is 4.60. The molecule has 0 aromatic rings. The average Bonchev–Trinajstić information content (AvgIpc) is 1.90. The first kappa shape index (κ1) is 8.02. The highest BCUT2D eigenvalue weighted by Gasteiger charge is 2.22. The summed E-state index contributed by atoms with van der Waals surface area (Å²) in [5.74, 6) is 0.796. The number of hydrogen-bond acceptors (Lipinski definition) is 2. The van der Waals surface area contributed by atoms with Gasteiger partial charge in [0.1, 0.15) is 0 Å². The van der Waals surface area contributed by atoms with E-state index in [2.05, 4.69) is 31.6 Å². The van der Waals surface area contributed by atoms with Crippen molar-refractivity contribution < 1.29 is 0 Å². The van der Waals surface area contributed by atoms with Crippen molar-refractivity contribution >= 4 is 0 Å². The van der Waals surface area contributed by atoms with Gasteiger partial charge in [-0.2, -0.15) is 0 Å². The minimum absolute atomic E-state index is 0.461. The summed E-state index contributed by atoms with van der Waals surface area (Å²) in [7, 11) is 0. The second kappa shape index (κ2) is 2.89. The quantitative estimate of drug-likeness (QED) is 0.530. The Bertz CT molecular complexity index is 110. The van der Waals surface area contributed by atoms with E-state index < -0.39 is 0 Å². The molecule has 10 heavy (non-hydrogen) atoms. The predicted octanol–water partition coefficient (Wildman–Crippen LogP) is 1.15. The van der Waals surface area contributed by atoms with Gasteiger partial charge in [-0.05, 0) is 17.8 Å². The molecule has 2 nitrogen and oxygen atoms in total. The molecule has 0 amide bonds. The molecule has 0 bridgehead atoms. The second-order valence-corrected chi connectivity index (χ2v) is 4.21. The third-order valence-electron chi connectivity index (χ3n) is 2.04. The van der Waals surface area contributed by atoms with E-state index in [1.807, 2.05) is 0 Å². The van der Waals surface area contributed by atoms with Crippen molar-refractivity contribution in [2.24, 2.45) is 11.3 Å². The Kier molecular flexibility index (Phi) is 2.32. The zero-order valence-electron chi connectivity index (χ0n) is 7.20. The van der Waals surface area contributed by atoms with Crippen LogP contribution in [0.4, 0.5) is 0 Å². The minimum atomic E-state index is 0.461. The number of rotatable bonds is 0. The van der Waals surface area contributed by atoms with Gasteiger partial charge in [-0.1, -0.05) is 20.8 Å². The zero-order chi connectivity index (χ0) is 7.61. The van der Waals surface area contributed by atoms with E-state index in [9.17, 15) is 0 Å². The molecule has 1 aliphatic rings. The Morgan fingerprint density at radius 2 is 2.00 bits per heavy atom. The lowest BCUT2D eigenvalue weighted by Gasteiger charge is -2.23. The maximum Gasteiger partial charge on any atom is 0.0151 e. The molecule has 1 atom stereocenters. The number of hydrazine groups is 1. The van der Waals surface area contributed by atoms with Crippen LogP contribution in [0.15, 0.2) is 0 Å². The molecule has 1 rings (SSSR count). The fraction of sp³-hybridized carbons (Fsp3) is 1.00. The lowest BCUT2D eigenvalue weighted by molar-refractivity contribution is 0.299. The van der Waals surface area contributed by atoms with Gasteiger partial charge in [-0.15, -0.1) is 0 Å². The summed E-state index contributed by atoms with van der Waals surface area (Å²) in [5, 5.41) is 0. The van der Waals surface area contributed by atoms with E-state index in [0.717, 1.165) is 19.0 Å². The van der Waals surface area contributed by atoms with Crippen LogP contribution in [0, 0.1) is 11.3 Å². The predicted molar refractivity (Wildman–Crippen MR) is 43.6 cm³/mol. The van der Waals surface area contributed by atoms with Gasteiger partial charge >= 0.3 is 0 Å². The molecule has 0 aromatic carbocycles. The molecule has 1 fully saturated rings. The molecule has 1 heterocycles. The minimum Gasteiger partial charge on any atom is -0.258 e. The van der Waals surface area contributed by atoms with Gasteiger partial charge in [0.05, 0.1) is 0 Å². The average molecular weight is 142 g/mol. The van der Waals surface area contributed by atoms with E-state index in [-0.39, 0.29) is 0 Å². The molecule has 2 heteroatoms. The van der Waals surface area contributed by atoms with Gasteiger partial charge in [-0.25, -0.2) is 0 Å². The molecule has 1 aliphatic heterocycles. The molecule has 60 valence electrons. The van der Waals surface area contributed by atoms with Crippen LogP contribution < -0.4 is 10.9 Å². The molecule has 0 aliphatic carbocycles. The first-order valence-corrected chi connectivity index (χ1v) is 4.06. The molecule has 0 radical (unpaired) electrons. The highest BCUT2D eigenvalue weighted by molar-refractivity contribution is 4.76. The van der Waals surface area contributed by atoms with Crippen molar-refractivity contribution in [1.29, 1.82) is 0 Å². The van der Waals surface area contributed by atoms with Gasteiger partial charge in [0.25, 0.3) is 0 Å². The fourth-order valence-electron chi connectivity index (χ4n) is 1.64. The highest BCUT2D eigenvalue weighted by Crippen LogP contribution is 2.25. The smallest absolute Gasteiger partial charge is 0.0151 e. The SMILES string of the molecule is CC1CNNCC(C)(C)C1. The van der Waals surface area contributed by atoms with Gasteiger partial charge < -0.3 is 0 Å². The van der Waals surface area contributed by atoms with Gasteiger partial charge in [0.2, 0.25) is 0 Å². The van der Waals surface area contributed by atoms with Gasteiger partial charge in [0, 0.05) is 13.1 Å². The van der Waals surface area contributed by atoms with Crippen molar-refractivity contribution in [2.45, 2.75) is 27.2 Å². The lowest BCUT2D eigenvalue weighted by atomic mass is 9.84. The van der Waals surface area contributed by atoms with E-state index in [1.54, 1.807) is 0 Å². The summed E-state index contributed by atoms with van der Waals surface area (Å²) >= 11 is 0. The first-order valence-electron chi connectivity index (χ1n) is 4.06. The number of hydrogen-bond donors (Lipinski definition) is 2. The van der Waals surface area contributed by atoms with Crippen LogP contribution in [0.3, 0.4) is 0 Å². The molecular weight excluding hydrogens is 124 g/mol. The van der Waals surface area contributed by atoms with Crippen LogP contribution in [-0.2, 0) is 0 Å². The third kappa shape index (κ3) is 2.27. The standard InChI is InChI=1S/C8H18N2/c1-7-4-8(2,3)6-10-9-5-7/h7,9-10H,4-6H2,1-3H3. The molecular formula is C8H18N2. The molecule has 1 unspecified atom stereocenters. The molecule has 0 aromatic heterocycles. The maximum atomic E-state index is 3.22. The second-order valence-electron chi connectivity index (χ2n) is 4.21. The van der Waals surface area contributed by atoms with Crippen molar-refractivity contribution in [3.05, 3.63) is 0 Å². The Morgan fingerprint density at radius 3 is 2.70 bits per heavy atom. The zero-order valence-corrected chi connectivity index (χ0v) is 7.20. The molecule has 1 saturated heterocycles. The van der Waals surface area contributed by atoms with E-state index >= 15 is 0 Å². The Balaban J connectivity index is 2.46. The van der Waals surface area contributed by atoms with Gasteiger partial charge in [0.15, 0.2) is 0 Å². The largest absolute Gasteiger partial charge is 0.258 e. The molecule has 2 N–H and O–H groups in total. The third-order valence-corrected chi connectivity index (χ3v) is 2.04. The van der Waals surface area contributed by atoms with E-state index in [0.29, 0.717) is 5.41 Å². The highest BCUT2D eigenvalue weighted by atomic mass is 15.4. The Labute approximate surface area is 63.4 Å². The normalized spacial score (nSPS) is 33.3. The van der Waals surface area contributed by atoms with Crippen molar-refractivity contribution in [1.82, 2.24) is 10.9 Å². The summed E-state index contributed by atoms with van der Waals surface area (Å²) in [6.45, 7) is 9.09. The van der Waals surface area contributed by atoms with Crippen LogP contribution >= 0.6 is 0 Å². The monoisotopic (exact) mass is 142 g/mol. The Hall–Kier alpha value is -0.0800. The Morgan fingerprint density at radius 1 is 1.30 bits per heavy atom. The van der Waals surface area contributed by atoms with Gasteiger partial charge in [-0.3, -0.25) is 10.9 Å². The van der Waals surface area contributed by atoms with Crippen LogP contribution in [0.5, 0.6) is 0 Å². The van der Waals surface area contributed by atoms with Crippen molar-refractivity contribution in [3.8, 4) is 0 Å².